The monoisotopic (exact) mass is 384 g/mol. The number of anilines is 1. The van der Waals surface area contributed by atoms with Gasteiger partial charge in [0.25, 0.3) is 0 Å². The summed E-state index contributed by atoms with van der Waals surface area (Å²) in [5.74, 6) is 0.664. The third-order valence-electron chi connectivity index (χ3n) is 4.68. The molecule has 2 N–H and O–H groups in total. The largest absolute Gasteiger partial charge is 0.356 e. The van der Waals surface area contributed by atoms with E-state index in [1.54, 1.807) is 18.2 Å². The molecular weight excluding hydrogens is 359 g/mol. The van der Waals surface area contributed by atoms with E-state index < -0.39 is 0 Å². The molecule has 0 saturated heterocycles. The summed E-state index contributed by atoms with van der Waals surface area (Å²) in [4.78, 5) is 24.6. The van der Waals surface area contributed by atoms with Crippen LogP contribution in [0.4, 0.5) is 5.69 Å². The SMILES string of the molecule is CC(C)CCNC(=O)C1CCC(C(=O)Nc2ccc(Cl)c(Cl)c2)CC1. The van der Waals surface area contributed by atoms with E-state index in [0.29, 0.717) is 21.7 Å². The standard InChI is InChI=1S/C19H26Cl2N2O2/c1-12(2)9-10-22-18(24)13-3-5-14(6-4-13)19(25)23-15-7-8-16(20)17(21)11-15/h7-8,11-14H,3-6,9-10H2,1-2H3,(H,22,24)(H,23,25). The minimum Gasteiger partial charge on any atom is -0.356 e. The highest BCUT2D eigenvalue weighted by molar-refractivity contribution is 6.42. The lowest BCUT2D eigenvalue weighted by atomic mass is 9.81. The van der Waals surface area contributed by atoms with Crippen LogP contribution in [0.5, 0.6) is 0 Å². The molecule has 1 saturated carbocycles. The summed E-state index contributed by atoms with van der Waals surface area (Å²) in [6.45, 7) is 5.02. The van der Waals surface area contributed by atoms with Gasteiger partial charge in [0.2, 0.25) is 11.8 Å². The Morgan fingerprint density at radius 1 is 1.04 bits per heavy atom. The van der Waals surface area contributed by atoms with Crippen LogP contribution < -0.4 is 10.6 Å². The van der Waals surface area contributed by atoms with Gasteiger partial charge in [-0.25, -0.2) is 0 Å². The first kappa shape index (κ1) is 20.1. The number of carbonyl (C=O) groups is 2. The van der Waals surface area contributed by atoms with Crippen molar-refractivity contribution in [2.24, 2.45) is 17.8 Å². The second-order valence-electron chi connectivity index (χ2n) is 7.14. The van der Waals surface area contributed by atoms with Crippen LogP contribution in [0.2, 0.25) is 10.0 Å². The van der Waals surface area contributed by atoms with Gasteiger partial charge in [-0.05, 0) is 56.2 Å². The fourth-order valence-electron chi connectivity index (χ4n) is 3.06. The summed E-state index contributed by atoms with van der Waals surface area (Å²) in [6.07, 6.45) is 3.97. The van der Waals surface area contributed by atoms with Gasteiger partial charge in [-0.3, -0.25) is 9.59 Å². The normalized spacial score (nSPS) is 20.4. The van der Waals surface area contributed by atoms with Gasteiger partial charge in [-0.1, -0.05) is 37.0 Å². The zero-order valence-corrected chi connectivity index (χ0v) is 16.3. The first-order valence-electron chi connectivity index (χ1n) is 8.90. The Kier molecular flexibility index (Phi) is 7.57. The van der Waals surface area contributed by atoms with Crippen molar-refractivity contribution < 1.29 is 9.59 Å². The summed E-state index contributed by atoms with van der Waals surface area (Å²) in [5, 5.41) is 6.78. The van der Waals surface area contributed by atoms with Gasteiger partial charge in [-0.15, -0.1) is 0 Å². The van der Waals surface area contributed by atoms with Crippen molar-refractivity contribution in [2.75, 3.05) is 11.9 Å². The Hall–Kier alpha value is -1.26. The van der Waals surface area contributed by atoms with Crippen LogP contribution in [0.25, 0.3) is 0 Å². The fraction of sp³-hybridized carbons (Fsp3) is 0.579. The zero-order valence-electron chi connectivity index (χ0n) is 14.8. The van der Waals surface area contributed by atoms with Crippen LogP contribution in [-0.4, -0.2) is 18.4 Å². The van der Waals surface area contributed by atoms with Crippen molar-refractivity contribution >= 4 is 40.7 Å². The highest BCUT2D eigenvalue weighted by atomic mass is 35.5. The van der Waals surface area contributed by atoms with Gasteiger partial charge in [-0.2, -0.15) is 0 Å². The van der Waals surface area contributed by atoms with E-state index in [-0.39, 0.29) is 23.7 Å². The number of amides is 2. The third-order valence-corrected chi connectivity index (χ3v) is 5.42. The van der Waals surface area contributed by atoms with E-state index >= 15 is 0 Å². The molecular formula is C19H26Cl2N2O2. The van der Waals surface area contributed by atoms with Crippen LogP contribution in [0.15, 0.2) is 18.2 Å². The van der Waals surface area contributed by atoms with E-state index in [4.69, 9.17) is 23.2 Å². The van der Waals surface area contributed by atoms with Crippen molar-refractivity contribution in [3.05, 3.63) is 28.2 Å². The number of rotatable bonds is 6. The molecule has 0 unspecified atom stereocenters. The van der Waals surface area contributed by atoms with Crippen LogP contribution in [0.3, 0.4) is 0 Å². The molecule has 0 radical (unpaired) electrons. The minimum absolute atomic E-state index is 0.0166. The second-order valence-corrected chi connectivity index (χ2v) is 7.95. The Morgan fingerprint density at radius 2 is 1.64 bits per heavy atom. The minimum atomic E-state index is -0.0610. The maximum atomic E-state index is 12.4. The van der Waals surface area contributed by atoms with Crippen molar-refractivity contribution in [3.8, 4) is 0 Å². The summed E-state index contributed by atoms with van der Waals surface area (Å²) < 4.78 is 0. The molecule has 2 rings (SSSR count). The van der Waals surface area contributed by atoms with Gasteiger partial charge in [0.15, 0.2) is 0 Å². The molecule has 4 nitrogen and oxygen atoms in total. The molecule has 0 spiro atoms. The van der Waals surface area contributed by atoms with Crippen molar-refractivity contribution in [2.45, 2.75) is 46.0 Å². The summed E-state index contributed by atoms with van der Waals surface area (Å²) in [7, 11) is 0. The lowest BCUT2D eigenvalue weighted by Gasteiger charge is -2.27. The van der Waals surface area contributed by atoms with Crippen LogP contribution in [0, 0.1) is 17.8 Å². The molecule has 0 atom stereocenters. The van der Waals surface area contributed by atoms with E-state index in [0.717, 1.165) is 38.6 Å². The topological polar surface area (TPSA) is 58.2 Å². The van der Waals surface area contributed by atoms with Gasteiger partial charge in [0, 0.05) is 24.1 Å². The molecule has 0 heterocycles. The number of carbonyl (C=O) groups excluding carboxylic acids is 2. The first-order valence-corrected chi connectivity index (χ1v) is 9.66. The van der Waals surface area contributed by atoms with E-state index in [1.807, 2.05) is 0 Å². The molecule has 2 amide bonds. The molecule has 1 aromatic carbocycles. The average Bonchev–Trinajstić information content (AvgIpc) is 2.58. The summed E-state index contributed by atoms with van der Waals surface area (Å²) in [5.41, 5.74) is 0.646. The lowest BCUT2D eigenvalue weighted by Crippen LogP contribution is -2.36. The molecule has 1 fully saturated rings. The molecule has 1 aliphatic rings. The molecule has 0 aromatic heterocycles. The van der Waals surface area contributed by atoms with Gasteiger partial charge in [0.05, 0.1) is 10.0 Å². The zero-order chi connectivity index (χ0) is 18.4. The maximum Gasteiger partial charge on any atom is 0.227 e. The van der Waals surface area contributed by atoms with E-state index in [1.165, 1.54) is 0 Å². The van der Waals surface area contributed by atoms with Gasteiger partial charge < -0.3 is 10.6 Å². The molecule has 25 heavy (non-hydrogen) atoms. The van der Waals surface area contributed by atoms with Crippen LogP contribution in [0.1, 0.15) is 46.0 Å². The Balaban J connectivity index is 1.78. The number of benzene rings is 1. The Bertz CT molecular complexity index is 611. The molecule has 0 bridgehead atoms. The van der Waals surface area contributed by atoms with Crippen molar-refractivity contribution in [1.29, 1.82) is 0 Å². The van der Waals surface area contributed by atoms with Crippen molar-refractivity contribution in [3.63, 3.8) is 0 Å². The Labute approximate surface area is 159 Å². The molecule has 1 aliphatic carbocycles. The van der Waals surface area contributed by atoms with Crippen molar-refractivity contribution in [1.82, 2.24) is 5.32 Å². The first-order chi connectivity index (χ1) is 11.9. The van der Waals surface area contributed by atoms with E-state index in [9.17, 15) is 9.59 Å². The lowest BCUT2D eigenvalue weighted by molar-refractivity contribution is -0.128. The molecule has 138 valence electrons. The van der Waals surface area contributed by atoms with Crippen LogP contribution in [-0.2, 0) is 9.59 Å². The number of halogens is 2. The predicted molar refractivity (Wildman–Crippen MR) is 103 cm³/mol. The third kappa shape index (κ3) is 6.19. The smallest absolute Gasteiger partial charge is 0.227 e. The second kappa shape index (κ2) is 9.44. The molecule has 6 heteroatoms. The maximum absolute atomic E-state index is 12.4. The Morgan fingerprint density at radius 3 is 2.20 bits per heavy atom. The quantitative estimate of drug-likeness (QED) is 0.732. The molecule has 0 aliphatic heterocycles. The number of hydrogen-bond donors (Lipinski definition) is 2. The van der Waals surface area contributed by atoms with E-state index in [2.05, 4.69) is 24.5 Å². The number of hydrogen-bond acceptors (Lipinski definition) is 2. The summed E-state index contributed by atoms with van der Waals surface area (Å²) in [6, 6.07) is 5.05. The average molecular weight is 385 g/mol. The number of nitrogens with one attached hydrogen (secondary N) is 2. The predicted octanol–water partition coefficient (Wildman–Crippen LogP) is 4.90. The van der Waals surface area contributed by atoms with Crippen LogP contribution >= 0.6 is 23.2 Å². The molecule has 1 aromatic rings. The summed E-state index contributed by atoms with van der Waals surface area (Å²) >= 11 is 11.9. The fourth-order valence-corrected chi connectivity index (χ4v) is 3.36. The highest BCUT2D eigenvalue weighted by Gasteiger charge is 2.29. The van der Waals surface area contributed by atoms with Gasteiger partial charge >= 0.3 is 0 Å². The van der Waals surface area contributed by atoms with Gasteiger partial charge in [0.1, 0.15) is 0 Å². The highest BCUT2D eigenvalue weighted by Crippen LogP contribution is 2.31.